The molecule has 0 spiro atoms. The number of hydrogen-bond acceptors (Lipinski definition) is 3. The van der Waals surface area contributed by atoms with E-state index < -0.39 is 0 Å². The summed E-state index contributed by atoms with van der Waals surface area (Å²) in [6.45, 7) is 1.93. The third-order valence-electron chi connectivity index (χ3n) is 2.48. The van der Waals surface area contributed by atoms with Gasteiger partial charge in [-0.1, -0.05) is 0 Å². The molecule has 0 amide bonds. The fourth-order valence-corrected chi connectivity index (χ4v) is 3.12. The van der Waals surface area contributed by atoms with Crippen molar-refractivity contribution in [2.45, 2.75) is 6.92 Å². The molecule has 88 valence electrons. The second kappa shape index (κ2) is 5.02. The molecular weight excluding hydrogens is 300 g/mol. The monoisotopic (exact) mass is 310 g/mol. The van der Waals surface area contributed by atoms with Crippen LogP contribution in [0.4, 0.5) is 0 Å². The Morgan fingerprint density at radius 2 is 2.12 bits per heavy atom. The molecule has 0 aliphatic carbocycles. The van der Waals surface area contributed by atoms with Crippen molar-refractivity contribution >= 4 is 33.0 Å². The van der Waals surface area contributed by atoms with E-state index in [2.05, 4.69) is 15.9 Å². The van der Waals surface area contributed by atoms with Gasteiger partial charge in [0.1, 0.15) is 5.75 Å². The molecule has 0 radical (unpaired) electrons. The molecule has 0 saturated heterocycles. The number of benzene rings is 1. The molecule has 0 saturated carbocycles. The molecule has 0 aliphatic rings. The van der Waals surface area contributed by atoms with E-state index in [1.54, 1.807) is 13.2 Å². The maximum atomic E-state index is 12.2. The number of thiophene rings is 1. The third kappa shape index (κ3) is 2.42. The number of hydrogen-bond donors (Lipinski definition) is 0. The molecule has 2 aromatic rings. The lowest BCUT2D eigenvalue weighted by Crippen LogP contribution is -2.00. The third-order valence-corrected chi connectivity index (χ3v) is 4.32. The van der Waals surface area contributed by atoms with Gasteiger partial charge in [-0.3, -0.25) is 4.79 Å². The van der Waals surface area contributed by atoms with Crippen molar-refractivity contribution in [2.24, 2.45) is 0 Å². The molecule has 0 aliphatic heterocycles. The first-order valence-corrected chi connectivity index (χ1v) is 6.73. The summed E-state index contributed by atoms with van der Waals surface area (Å²) in [5.41, 5.74) is 1.65. The number of methoxy groups -OCH3 is 1. The topological polar surface area (TPSA) is 26.3 Å². The van der Waals surface area contributed by atoms with Gasteiger partial charge >= 0.3 is 0 Å². The van der Waals surface area contributed by atoms with Gasteiger partial charge in [0.25, 0.3) is 0 Å². The van der Waals surface area contributed by atoms with Crippen molar-refractivity contribution < 1.29 is 9.53 Å². The van der Waals surface area contributed by atoms with Gasteiger partial charge in [0.05, 0.1) is 12.0 Å². The van der Waals surface area contributed by atoms with E-state index in [1.807, 2.05) is 30.5 Å². The molecule has 0 atom stereocenters. The molecule has 0 fully saturated rings. The summed E-state index contributed by atoms with van der Waals surface area (Å²) >= 11 is 4.82. The smallest absolute Gasteiger partial charge is 0.204 e. The maximum absolute atomic E-state index is 12.2. The van der Waals surface area contributed by atoms with E-state index in [9.17, 15) is 4.79 Å². The van der Waals surface area contributed by atoms with Gasteiger partial charge in [-0.05, 0) is 58.1 Å². The molecular formula is C13H11BrO2S. The largest absolute Gasteiger partial charge is 0.496 e. The van der Waals surface area contributed by atoms with Crippen molar-refractivity contribution in [1.82, 2.24) is 0 Å². The normalized spacial score (nSPS) is 10.3. The molecule has 0 N–H and O–H groups in total. The molecule has 1 heterocycles. The second-order valence-electron chi connectivity index (χ2n) is 3.61. The van der Waals surface area contributed by atoms with Crippen LogP contribution in [0, 0.1) is 6.92 Å². The first kappa shape index (κ1) is 12.3. The van der Waals surface area contributed by atoms with Crippen molar-refractivity contribution in [3.05, 3.63) is 50.1 Å². The number of carbonyl (C=O) groups excluding carboxylic acids is 1. The van der Waals surface area contributed by atoms with Gasteiger partial charge in [-0.25, -0.2) is 0 Å². The number of rotatable bonds is 3. The maximum Gasteiger partial charge on any atom is 0.204 e. The Kier molecular flexibility index (Phi) is 3.64. The zero-order chi connectivity index (χ0) is 12.4. The minimum atomic E-state index is 0.0395. The molecule has 0 unspecified atom stereocenters. The summed E-state index contributed by atoms with van der Waals surface area (Å²) < 4.78 is 6.02. The summed E-state index contributed by atoms with van der Waals surface area (Å²) in [5.74, 6) is 0.837. The Morgan fingerprint density at radius 3 is 2.65 bits per heavy atom. The molecule has 4 heteroatoms. The summed E-state index contributed by atoms with van der Waals surface area (Å²) in [7, 11) is 1.62. The lowest BCUT2D eigenvalue weighted by Gasteiger charge is -2.06. The zero-order valence-corrected chi connectivity index (χ0v) is 11.9. The standard InChI is InChI=1S/C13H11BrO2S/c1-8-7-9(3-4-11(8)16-2)12(15)13-10(14)5-6-17-13/h3-7H,1-2H3. The summed E-state index contributed by atoms with van der Waals surface area (Å²) in [6.07, 6.45) is 0. The quantitative estimate of drug-likeness (QED) is 0.799. The molecule has 17 heavy (non-hydrogen) atoms. The number of ether oxygens (including phenoxy) is 1. The number of carbonyl (C=O) groups is 1. The van der Waals surface area contributed by atoms with E-state index >= 15 is 0 Å². The van der Waals surface area contributed by atoms with Crippen LogP contribution in [0.15, 0.2) is 34.1 Å². The highest BCUT2D eigenvalue weighted by Crippen LogP contribution is 2.27. The zero-order valence-electron chi connectivity index (χ0n) is 9.49. The van der Waals surface area contributed by atoms with Crippen LogP contribution in [0.25, 0.3) is 0 Å². The van der Waals surface area contributed by atoms with Gasteiger partial charge < -0.3 is 4.74 Å². The van der Waals surface area contributed by atoms with Crippen molar-refractivity contribution in [3.8, 4) is 5.75 Å². The van der Waals surface area contributed by atoms with E-state index in [0.29, 0.717) is 5.56 Å². The lowest BCUT2D eigenvalue weighted by atomic mass is 10.1. The molecule has 0 bridgehead atoms. The van der Waals surface area contributed by atoms with Crippen LogP contribution in [0.5, 0.6) is 5.75 Å². The van der Waals surface area contributed by atoms with Gasteiger partial charge in [0.2, 0.25) is 5.78 Å². The van der Waals surface area contributed by atoms with Crippen molar-refractivity contribution in [1.29, 1.82) is 0 Å². The van der Waals surface area contributed by atoms with Crippen LogP contribution >= 0.6 is 27.3 Å². The molecule has 2 nitrogen and oxygen atoms in total. The molecule has 2 rings (SSSR count). The first-order chi connectivity index (χ1) is 8.13. The fourth-order valence-electron chi connectivity index (χ4n) is 1.61. The number of ketones is 1. The van der Waals surface area contributed by atoms with Gasteiger partial charge in [0.15, 0.2) is 0 Å². The van der Waals surface area contributed by atoms with Gasteiger partial charge in [-0.15, -0.1) is 11.3 Å². The highest BCUT2D eigenvalue weighted by atomic mass is 79.9. The van der Waals surface area contributed by atoms with Crippen LogP contribution in [0.2, 0.25) is 0 Å². The predicted octanol–water partition coefficient (Wildman–Crippen LogP) is 4.06. The first-order valence-electron chi connectivity index (χ1n) is 5.06. The van der Waals surface area contributed by atoms with Crippen molar-refractivity contribution in [2.75, 3.05) is 7.11 Å². The average molecular weight is 311 g/mol. The Bertz CT molecular complexity index is 560. The van der Waals surface area contributed by atoms with Crippen LogP contribution < -0.4 is 4.74 Å². The predicted molar refractivity (Wildman–Crippen MR) is 73.2 cm³/mol. The van der Waals surface area contributed by atoms with Crippen molar-refractivity contribution in [3.63, 3.8) is 0 Å². The lowest BCUT2D eigenvalue weighted by molar-refractivity contribution is 0.104. The van der Waals surface area contributed by atoms with Gasteiger partial charge in [-0.2, -0.15) is 0 Å². The van der Waals surface area contributed by atoms with E-state index in [-0.39, 0.29) is 5.78 Å². The SMILES string of the molecule is COc1ccc(C(=O)c2sccc2Br)cc1C. The summed E-state index contributed by atoms with van der Waals surface area (Å²) in [4.78, 5) is 13.0. The minimum absolute atomic E-state index is 0.0395. The number of aryl methyl sites for hydroxylation is 1. The minimum Gasteiger partial charge on any atom is -0.496 e. The van der Waals surface area contributed by atoms with E-state index in [1.165, 1.54) is 11.3 Å². The fraction of sp³-hybridized carbons (Fsp3) is 0.154. The average Bonchev–Trinajstić information content (AvgIpc) is 2.74. The van der Waals surface area contributed by atoms with Crippen LogP contribution in [0.3, 0.4) is 0 Å². The second-order valence-corrected chi connectivity index (χ2v) is 5.38. The Labute approximate surface area is 112 Å². The molecule has 1 aromatic heterocycles. The highest BCUT2D eigenvalue weighted by molar-refractivity contribution is 9.10. The van der Waals surface area contributed by atoms with Gasteiger partial charge in [0, 0.05) is 10.0 Å². The van der Waals surface area contributed by atoms with Crippen LogP contribution in [-0.2, 0) is 0 Å². The molecule has 1 aromatic carbocycles. The van der Waals surface area contributed by atoms with Crippen LogP contribution in [-0.4, -0.2) is 12.9 Å². The summed E-state index contributed by atoms with van der Waals surface area (Å²) in [6, 6.07) is 7.35. The highest BCUT2D eigenvalue weighted by Gasteiger charge is 2.14. The van der Waals surface area contributed by atoms with E-state index in [4.69, 9.17) is 4.74 Å². The number of halogens is 1. The summed E-state index contributed by atoms with van der Waals surface area (Å²) in [5, 5.41) is 1.90. The Hall–Kier alpha value is -1.13. The Morgan fingerprint density at radius 1 is 1.35 bits per heavy atom. The van der Waals surface area contributed by atoms with E-state index in [0.717, 1.165) is 20.7 Å². The van der Waals surface area contributed by atoms with Crippen LogP contribution in [0.1, 0.15) is 20.8 Å². The Balaban J connectivity index is 2.39.